The summed E-state index contributed by atoms with van der Waals surface area (Å²) in [6.45, 7) is 3.11. The lowest BCUT2D eigenvalue weighted by Crippen LogP contribution is -2.36. The first kappa shape index (κ1) is 13.2. The predicted molar refractivity (Wildman–Crippen MR) is 73.3 cm³/mol. The molecule has 0 aliphatic carbocycles. The number of piperidine rings is 1. The van der Waals surface area contributed by atoms with Gasteiger partial charge >= 0.3 is 0 Å². The van der Waals surface area contributed by atoms with Crippen LogP contribution in [0.25, 0.3) is 0 Å². The van der Waals surface area contributed by atoms with Gasteiger partial charge in [0.15, 0.2) is 0 Å². The van der Waals surface area contributed by atoms with Crippen molar-refractivity contribution in [3.63, 3.8) is 0 Å². The fraction of sp³-hybridized carbons (Fsp3) is 0.923. The molecule has 0 saturated carbocycles. The van der Waals surface area contributed by atoms with E-state index in [9.17, 15) is 4.79 Å². The van der Waals surface area contributed by atoms with E-state index in [4.69, 9.17) is 0 Å². The van der Waals surface area contributed by atoms with E-state index < -0.39 is 0 Å². The molecule has 2 aliphatic heterocycles. The molecule has 0 aromatic carbocycles. The fourth-order valence-electron chi connectivity index (χ4n) is 2.63. The summed E-state index contributed by atoms with van der Waals surface area (Å²) in [5, 5.41) is 6.48. The van der Waals surface area contributed by atoms with E-state index in [2.05, 4.69) is 10.6 Å². The zero-order chi connectivity index (χ0) is 11.9. The molecule has 0 unspecified atom stereocenters. The first-order valence-electron chi connectivity index (χ1n) is 6.90. The summed E-state index contributed by atoms with van der Waals surface area (Å²) in [7, 11) is 0. The van der Waals surface area contributed by atoms with Crippen LogP contribution in [0, 0.1) is 11.8 Å². The molecule has 0 atom stereocenters. The molecule has 17 heavy (non-hydrogen) atoms. The van der Waals surface area contributed by atoms with Crippen LogP contribution in [0.15, 0.2) is 0 Å². The lowest BCUT2D eigenvalue weighted by Gasteiger charge is -2.24. The highest BCUT2D eigenvalue weighted by Gasteiger charge is 2.18. The van der Waals surface area contributed by atoms with Crippen molar-refractivity contribution in [2.45, 2.75) is 32.1 Å². The number of nitrogens with one attached hydrogen (secondary N) is 2. The minimum Gasteiger partial charge on any atom is -0.356 e. The fourth-order valence-corrected chi connectivity index (χ4v) is 3.83. The molecule has 98 valence electrons. The van der Waals surface area contributed by atoms with Crippen molar-refractivity contribution in [3.05, 3.63) is 0 Å². The van der Waals surface area contributed by atoms with E-state index >= 15 is 0 Å². The van der Waals surface area contributed by atoms with Crippen molar-refractivity contribution < 1.29 is 4.79 Å². The number of amides is 1. The van der Waals surface area contributed by atoms with Crippen LogP contribution in [-0.4, -0.2) is 37.0 Å². The molecule has 2 aliphatic rings. The van der Waals surface area contributed by atoms with Crippen molar-refractivity contribution in [2.24, 2.45) is 11.8 Å². The van der Waals surface area contributed by atoms with Gasteiger partial charge < -0.3 is 10.6 Å². The standard InChI is InChI=1S/C13H24N2OS/c16-13(9-11-3-7-17-8-4-11)15-10-12-1-5-14-6-2-12/h11-12,14H,1-10H2,(H,15,16). The Labute approximate surface area is 108 Å². The number of hydrogen-bond acceptors (Lipinski definition) is 3. The van der Waals surface area contributed by atoms with Gasteiger partial charge in [0.25, 0.3) is 0 Å². The minimum absolute atomic E-state index is 0.278. The topological polar surface area (TPSA) is 41.1 Å². The van der Waals surface area contributed by atoms with E-state index in [1.54, 1.807) is 0 Å². The number of carbonyl (C=O) groups excluding carboxylic acids is 1. The van der Waals surface area contributed by atoms with E-state index in [0.29, 0.717) is 11.8 Å². The summed E-state index contributed by atoms with van der Waals surface area (Å²) in [4.78, 5) is 11.8. The summed E-state index contributed by atoms with van der Waals surface area (Å²) in [6.07, 6.45) is 5.63. The molecule has 1 amide bonds. The minimum atomic E-state index is 0.278. The number of rotatable bonds is 4. The Hall–Kier alpha value is -0.220. The Bertz CT molecular complexity index is 236. The van der Waals surface area contributed by atoms with Crippen LogP contribution in [0.4, 0.5) is 0 Å². The lowest BCUT2D eigenvalue weighted by molar-refractivity contribution is -0.122. The van der Waals surface area contributed by atoms with Crippen LogP contribution in [0.1, 0.15) is 32.1 Å². The summed E-state index contributed by atoms with van der Waals surface area (Å²) in [5.74, 6) is 4.10. The van der Waals surface area contributed by atoms with E-state index in [0.717, 1.165) is 26.1 Å². The smallest absolute Gasteiger partial charge is 0.220 e. The van der Waals surface area contributed by atoms with Crippen molar-refractivity contribution in [3.8, 4) is 0 Å². The Morgan fingerprint density at radius 1 is 1.12 bits per heavy atom. The first-order chi connectivity index (χ1) is 8.34. The average molecular weight is 256 g/mol. The second kappa shape index (κ2) is 7.27. The molecule has 0 radical (unpaired) electrons. The highest BCUT2D eigenvalue weighted by molar-refractivity contribution is 7.99. The molecule has 2 fully saturated rings. The second-order valence-electron chi connectivity index (χ2n) is 5.26. The zero-order valence-electron chi connectivity index (χ0n) is 10.5. The largest absolute Gasteiger partial charge is 0.356 e. The number of thioether (sulfide) groups is 1. The second-order valence-corrected chi connectivity index (χ2v) is 6.48. The maximum Gasteiger partial charge on any atom is 0.220 e. The Morgan fingerprint density at radius 2 is 1.82 bits per heavy atom. The summed E-state index contributed by atoms with van der Waals surface area (Å²) < 4.78 is 0. The molecule has 4 heteroatoms. The summed E-state index contributed by atoms with van der Waals surface area (Å²) >= 11 is 2.02. The molecule has 0 aromatic heterocycles. The Kier molecular flexibility index (Phi) is 5.65. The van der Waals surface area contributed by atoms with Gasteiger partial charge in [0.1, 0.15) is 0 Å². The quantitative estimate of drug-likeness (QED) is 0.803. The van der Waals surface area contributed by atoms with Gasteiger partial charge in [-0.3, -0.25) is 4.79 Å². The summed E-state index contributed by atoms with van der Waals surface area (Å²) in [6, 6.07) is 0. The van der Waals surface area contributed by atoms with Gasteiger partial charge in [-0.2, -0.15) is 11.8 Å². The van der Waals surface area contributed by atoms with Crippen LogP contribution >= 0.6 is 11.8 Å². The van der Waals surface area contributed by atoms with Crippen LogP contribution in [0.3, 0.4) is 0 Å². The van der Waals surface area contributed by atoms with Crippen LogP contribution in [0.5, 0.6) is 0 Å². The van der Waals surface area contributed by atoms with E-state index in [1.807, 2.05) is 11.8 Å². The highest BCUT2D eigenvalue weighted by Crippen LogP contribution is 2.25. The third kappa shape index (κ3) is 4.88. The molecular formula is C13H24N2OS. The van der Waals surface area contributed by atoms with Gasteiger partial charge in [-0.05, 0) is 62.1 Å². The number of hydrogen-bond donors (Lipinski definition) is 2. The van der Waals surface area contributed by atoms with Gasteiger partial charge in [-0.25, -0.2) is 0 Å². The highest BCUT2D eigenvalue weighted by atomic mass is 32.2. The normalized spacial score (nSPS) is 23.5. The maximum absolute atomic E-state index is 11.8. The van der Waals surface area contributed by atoms with Crippen molar-refractivity contribution in [1.82, 2.24) is 10.6 Å². The maximum atomic E-state index is 11.8. The van der Waals surface area contributed by atoms with Crippen LogP contribution < -0.4 is 10.6 Å². The molecule has 2 rings (SSSR count). The molecule has 0 bridgehead atoms. The van der Waals surface area contributed by atoms with E-state index in [1.165, 1.54) is 37.2 Å². The van der Waals surface area contributed by atoms with Gasteiger partial charge in [-0.15, -0.1) is 0 Å². The van der Waals surface area contributed by atoms with Gasteiger partial charge in [0.2, 0.25) is 5.91 Å². The Balaban J connectivity index is 1.59. The monoisotopic (exact) mass is 256 g/mol. The SMILES string of the molecule is O=C(CC1CCSCC1)NCC1CCNCC1. The van der Waals surface area contributed by atoms with Gasteiger partial charge in [-0.1, -0.05) is 0 Å². The Morgan fingerprint density at radius 3 is 2.53 bits per heavy atom. The number of carbonyl (C=O) groups is 1. The van der Waals surface area contributed by atoms with Crippen LogP contribution in [-0.2, 0) is 4.79 Å². The van der Waals surface area contributed by atoms with Gasteiger partial charge in [0, 0.05) is 13.0 Å². The van der Waals surface area contributed by atoms with Crippen molar-refractivity contribution >= 4 is 17.7 Å². The molecule has 2 saturated heterocycles. The third-order valence-corrected chi connectivity index (χ3v) is 4.91. The average Bonchev–Trinajstić information content (AvgIpc) is 2.39. The molecule has 0 spiro atoms. The molecule has 2 heterocycles. The summed E-state index contributed by atoms with van der Waals surface area (Å²) in [5.41, 5.74) is 0. The lowest BCUT2D eigenvalue weighted by atomic mass is 9.96. The zero-order valence-corrected chi connectivity index (χ0v) is 11.4. The molecular weight excluding hydrogens is 232 g/mol. The van der Waals surface area contributed by atoms with Gasteiger partial charge in [0.05, 0.1) is 0 Å². The molecule has 3 nitrogen and oxygen atoms in total. The molecule has 0 aromatic rings. The first-order valence-corrected chi connectivity index (χ1v) is 8.05. The third-order valence-electron chi connectivity index (χ3n) is 3.86. The van der Waals surface area contributed by atoms with Crippen molar-refractivity contribution in [1.29, 1.82) is 0 Å². The predicted octanol–water partition coefficient (Wildman–Crippen LogP) is 1.64. The van der Waals surface area contributed by atoms with E-state index in [-0.39, 0.29) is 5.91 Å². The molecule has 2 N–H and O–H groups in total. The van der Waals surface area contributed by atoms with Crippen LogP contribution in [0.2, 0.25) is 0 Å². The van der Waals surface area contributed by atoms with Crippen molar-refractivity contribution in [2.75, 3.05) is 31.1 Å².